The Morgan fingerprint density at radius 1 is 1.70 bits per heavy atom. The number of aliphatic hydroxyl groups is 2. The Kier molecular flexibility index (Phi) is 5.20. The smallest absolute Gasteiger partial charge is 0.100 e. The van der Waals surface area contributed by atoms with Crippen LogP contribution < -0.4 is 0 Å². The summed E-state index contributed by atoms with van der Waals surface area (Å²) in [5.41, 5.74) is 0. The topological polar surface area (TPSA) is 49.7 Å². The zero-order valence-corrected chi connectivity index (χ0v) is 6.16. The fourth-order valence-corrected chi connectivity index (χ4v) is 0.384. The van der Waals surface area contributed by atoms with Crippen molar-refractivity contribution < 1.29 is 14.9 Å². The van der Waals surface area contributed by atoms with Crippen molar-refractivity contribution in [1.29, 1.82) is 0 Å². The zero-order valence-electron chi connectivity index (χ0n) is 6.16. The second kappa shape index (κ2) is 5.41. The Labute approximate surface area is 60.9 Å². The highest BCUT2D eigenvalue weighted by atomic mass is 16.5. The van der Waals surface area contributed by atoms with Gasteiger partial charge in [0.1, 0.15) is 6.10 Å². The molecular weight excluding hydrogens is 132 g/mol. The maximum atomic E-state index is 8.79. The van der Waals surface area contributed by atoms with E-state index in [4.69, 9.17) is 14.9 Å². The maximum Gasteiger partial charge on any atom is 0.100 e. The van der Waals surface area contributed by atoms with Crippen molar-refractivity contribution in [3.8, 4) is 0 Å². The van der Waals surface area contributed by atoms with Crippen LogP contribution in [0.15, 0.2) is 12.7 Å². The summed E-state index contributed by atoms with van der Waals surface area (Å²) < 4.78 is 5.02. The Hall–Kier alpha value is -0.380. The number of hydrogen-bond acceptors (Lipinski definition) is 3. The molecule has 0 aromatic carbocycles. The summed E-state index contributed by atoms with van der Waals surface area (Å²) in [7, 11) is 0. The van der Waals surface area contributed by atoms with Gasteiger partial charge in [-0.05, 0) is 6.92 Å². The van der Waals surface area contributed by atoms with Gasteiger partial charge in [0, 0.05) is 0 Å². The molecule has 0 spiro atoms. The molecule has 0 unspecified atom stereocenters. The first kappa shape index (κ1) is 9.62. The van der Waals surface area contributed by atoms with E-state index in [1.165, 1.54) is 0 Å². The van der Waals surface area contributed by atoms with Crippen LogP contribution in [0.25, 0.3) is 0 Å². The minimum absolute atomic E-state index is 0.0683. The van der Waals surface area contributed by atoms with Crippen LogP contribution >= 0.6 is 0 Å². The monoisotopic (exact) mass is 146 g/mol. The van der Waals surface area contributed by atoms with Gasteiger partial charge in [0.15, 0.2) is 0 Å². The second-order valence-electron chi connectivity index (χ2n) is 2.11. The summed E-state index contributed by atoms with van der Waals surface area (Å²) in [6.45, 7) is 5.21. The first-order valence-corrected chi connectivity index (χ1v) is 3.23. The van der Waals surface area contributed by atoms with Gasteiger partial charge < -0.3 is 14.9 Å². The van der Waals surface area contributed by atoms with Crippen LogP contribution in [0.2, 0.25) is 0 Å². The summed E-state index contributed by atoms with van der Waals surface area (Å²) in [6.07, 6.45) is 0.785. The predicted molar refractivity (Wildman–Crippen MR) is 38.7 cm³/mol. The van der Waals surface area contributed by atoms with Crippen molar-refractivity contribution in [2.45, 2.75) is 19.1 Å². The minimum Gasteiger partial charge on any atom is -0.394 e. The molecule has 0 aliphatic heterocycles. The average molecular weight is 146 g/mol. The molecule has 0 aliphatic rings. The van der Waals surface area contributed by atoms with Crippen molar-refractivity contribution in [2.24, 2.45) is 0 Å². The van der Waals surface area contributed by atoms with Crippen LogP contribution in [0.1, 0.15) is 6.92 Å². The molecule has 0 fully saturated rings. The zero-order chi connectivity index (χ0) is 7.98. The fourth-order valence-electron chi connectivity index (χ4n) is 0.384. The molecule has 3 heteroatoms. The van der Waals surface area contributed by atoms with Crippen molar-refractivity contribution in [3.63, 3.8) is 0 Å². The van der Waals surface area contributed by atoms with E-state index in [0.29, 0.717) is 0 Å². The summed E-state index contributed by atoms with van der Waals surface area (Å²) in [5, 5.41) is 17.2. The average Bonchev–Trinajstić information content (AvgIpc) is 1.99. The van der Waals surface area contributed by atoms with Gasteiger partial charge in [0.05, 0.1) is 19.3 Å². The van der Waals surface area contributed by atoms with E-state index < -0.39 is 6.10 Å². The van der Waals surface area contributed by atoms with Gasteiger partial charge in [-0.1, -0.05) is 6.08 Å². The van der Waals surface area contributed by atoms with E-state index in [1.807, 2.05) is 6.92 Å². The van der Waals surface area contributed by atoms with Gasteiger partial charge in [0.2, 0.25) is 0 Å². The molecule has 0 saturated carbocycles. The standard InChI is InChI=1S/C7H14O3/c1-3-6(2)10-5-7(9)4-8/h3,6-9H,1,4-5H2,2H3/t6-,7+/m1/s1. The lowest BCUT2D eigenvalue weighted by molar-refractivity contribution is -0.00863. The third kappa shape index (κ3) is 4.49. The van der Waals surface area contributed by atoms with Crippen molar-refractivity contribution >= 4 is 0 Å². The van der Waals surface area contributed by atoms with Crippen molar-refractivity contribution in [2.75, 3.05) is 13.2 Å². The molecule has 0 radical (unpaired) electrons. The summed E-state index contributed by atoms with van der Waals surface area (Å²) in [5.74, 6) is 0. The molecule has 60 valence electrons. The van der Waals surface area contributed by atoms with Crippen molar-refractivity contribution in [3.05, 3.63) is 12.7 Å². The van der Waals surface area contributed by atoms with Crippen LogP contribution in [0.3, 0.4) is 0 Å². The van der Waals surface area contributed by atoms with E-state index >= 15 is 0 Å². The molecule has 2 N–H and O–H groups in total. The van der Waals surface area contributed by atoms with Gasteiger partial charge in [-0.3, -0.25) is 0 Å². The molecule has 0 aliphatic carbocycles. The predicted octanol–water partition coefficient (Wildman–Crippen LogP) is -0.0693. The van der Waals surface area contributed by atoms with Crippen LogP contribution in [0.4, 0.5) is 0 Å². The van der Waals surface area contributed by atoms with Crippen LogP contribution in [0, 0.1) is 0 Å². The third-order valence-electron chi connectivity index (χ3n) is 1.09. The molecule has 0 bridgehead atoms. The highest BCUT2D eigenvalue weighted by Gasteiger charge is 2.02. The Morgan fingerprint density at radius 3 is 2.70 bits per heavy atom. The second-order valence-corrected chi connectivity index (χ2v) is 2.11. The first-order valence-electron chi connectivity index (χ1n) is 3.23. The molecule has 2 atom stereocenters. The molecule has 0 amide bonds. The van der Waals surface area contributed by atoms with E-state index in [9.17, 15) is 0 Å². The molecule has 0 heterocycles. The van der Waals surface area contributed by atoms with Crippen LogP contribution in [-0.4, -0.2) is 35.6 Å². The molecule has 3 nitrogen and oxygen atoms in total. The Morgan fingerprint density at radius 2 is 2.30 bits per heavy atom. The summed E-state index contributed by atoms with van der Waals surface area (Å²) >= 11 is 0. The van der Waals surface area contributed by atoms with Gasteiger partial charge in [-0.15, -0.1) is 6.58 Å². The van der Waals surface area contributed by atoms with E-state index in [0.717, 1.165) is 0 Å². The van der Waals surface area contributed by atoms with Gasteiger partial charge in [-0.25, -0.2) is 0 Å². The first-order chi connectivity index (χ1) is 4.70. The number of aliphatic hydroxyl groups excluding tert-OH is 2. The Balaban J connectivity index is 3.25. The summed E-state index contributed by atoms with van der Waals surface area (Å²) in [4.78, 5) is 0. The number of hydrogen-bond donors (Lipinski definition) is 2. The van der Waals surface area contributed by atoms with Gasteiger partial charge >= 0.3 is 0 Å². The molecular formula is C7H14O3. The van der Waals surface area contributed by atoms with E-state index in [1.54, 1.807) is 6.08 Å². The minimum atomic E-state index is -0.776. The lowest BCUT2D eigenvalue weighted by atomic mass is 10.4. The van der Waals surface area contributed by atoms with E-state index in [2.05, 4.69) is 6.58 Å². The van der Waals surface area contributed by atoms with Gasteiger partial charge in [-0.2, -0.15) is 0 Å². The molecule has 0 rings (SSSR count). The number of rotatable bonds is 5. The third-order valence-corrected chi connectivity index (χ3v) is 1.09. The maximum absolute atomic E-state index is 8.79. The largest absolute Gasteiger partial charge is 0.394 e. The normalized spacial score (nSPS) is 16.3. The summed E-state index contributed by atoms with van der Waals surface area (Å²) in [6, 6.07) is 0. The van der Waals surface area contributed by atoms with Crippen LogP contribution in [0.5, 0.6) is 0 Å². The molecule has 0 saturated heterocycles. The van der Waals surface area contributed by atoms with Crippen molar-refractivity contribution in [1.82, 2.24) is 0 Å². The fraction of sp³-hybridized carbons (Fsp3) is 0.714. The van der Waals surface area contributed by atoms with E-state index in [-0.39, 0.29) is 19.3 Å². The quantitative estimate of drug-likeness (QED) is 0.534. The Bertz CT molecular complexity index is 92.9. The van der Waals surface area contributed by atoms with Crippen LogP contribution in [-0.2, 0) is 4.74 Å². The molecule has 10 heavy (non-hydrogen) atoms. The lowest BCUT2D eigenvalue weighted by Crippen LogP contribution is -2.21. The van der Waals surface area contributed by atoms with Gasteiger partial charge in [0.25, 0.3) is 0 Å². The number of ether oxygens (including phenoxy) is 1. The highest BCUT2D eigenvalue weighted by Crippen LogP contribution is 1.92. The molecule has 0 aromatic heterocycles. The molecule has 0 aromatic rings. The lowest BCUT2D eigenvalue weighted by Gasteiger charge is -2.10. The highest BCUT2D eigenvalue weighted by molar-refractivity contribution is 4.75. The SMILES string of the molecule is C=C[C@@H](C)OC[C@@H](O)CO.